The van der Waals surface area contributed by atoms with Crippen LogP contribution in [0, 0.1) is 12.7 Å². The maximum absolute atomic E-state index is 14.9. The van der Waals surface area contributed by atoms with Gasteiger partial charge in [-0.05, 0) is 49.0 Å². The van der Waals surface area contributed by atoms with Gasteiger partial charge in [-0.3, -0.25) is 9.78 Å². The lowest BCUT2D eigenvalue weighted by molar-refractivity contribution is -0.119. The fraction of sp³-hybridized carbons (Fsp3) is 0.148. The van der Waals surface area contributed by atoms with E-state index in [-0.39, 0.29) is 23.2 Å². The number of thiocarbonyl (C=S) groups is 1. The Balaban J connectivity index is 1.44. The van der Waals surface area contributed by atoms with Crippen LogP contribution >= 0.6 is 12.2 Å². The van der Waals surface area contributed by atoms with Crippen molar-refractivity contribution in [3.05, 3.63) is 83.8 Å². The van der Waals surface area contributed by atoms with E-state index in [1.807, 2.05) is 31.2 Å². The third kappa shape index (κ3) is 5.87. The molecule has 1 amide bonds. The highest BCUT2D eigenvalue weighted by Crippen LogP contribution is 2.37. The van der Waals surface area contributed by atoms with Crippen LogP contribution in [0.3, 0.4) is 0 Å². The summed E-state index contributed by atoms with van der Waals surface area (Å²) in [7, 11) is 3.07. The molecule has 0 saturated heterocycles. The van der Waals surface area contributed by atoms with Crippen LogP contribution in [0.25, 0.3) is 10.9 Å². The van der Waals surface area contributed by atoms with E-state index in [0.29, 0.717) is 33.8 Å². The Morgan fingerprint density at radius 3 is 2.36 bits per heavy atom. The lowest BCUT2D eigenvalue weighted by Crippen LogP contribution is -2.35. The van der Waals surface area contributed by atoms with E-state index < -0.39 is 5.82 Å². The highest BCUT2D eigenvalue weighted by atomic mass is 32.1. The minimum absolute atomic E-state index is 0.0113. The summed E-state index contributed by atoms with van der Waals surface area (Å²) >= 11 is 5.20. The van der Waals surface area contributed by atoms with Gasteiger partial charge in [0.2, 0.25) is 5.91 Å². The van der Waals surface area contributed by atoms with E-state index in [9.17, 15) is 9.18 Å². The van der Waals surface area contributed by atoms with Crippen LogP contribution in [0.5, 0.6) is 23.0 Å². The molecule has 0 saturated carbocycles. The summed E-state index contributed by atoms with van der Waals surface area (Å²) in [5.74, 6) is 0.559. The van der Waals surface area contributed by atoms with Crippen LogP contribution in [-0.4, -0.2) is 30.2 Å². The van der Waals surface area contributed by atoms with Gasteiger partial charge in [-0.15, -0.1) is 0 Å². The van der Waals surface area contributed by atoms with Crippen molar-refractivity contribution in [3.63, 3.8) is 0 Å². The number of fused-ring (bicyclic) bond motifs is 1. The predicted octanol–water partition coefficient (Wildman–Crippen LogP) is 5.55. The van der Waals surface area contributed by atoms with E-state index in [2.05, 4.69) is 15.6 Å². The molecule has 36 heavy (non-hydrogen) atoms. The van der Waals surface area contributed by atoms with Crippen molar-refractivity contribution in [1.82, 2.24) is 10.3 Å². The van der Waals surface area contributed by atoms with E-state index in [1.165, 1.54) is 26.4 Å². The number of hydrogen-bond acceptors (Lipinski definition) is 6. The average molecular weight is 506 g/mol. The Hall–Kier alpha value is -4.24. The van der Waals surface area contributed by atoms with Crippen molar-refractivity contribution in [2.24, 2.45) is 0 Å². The van der Waals surface area contributed by atoms with Crippen LogP contribution in [0.1, 0.15) is 11.1 Å². The Kier molecular flexibility index (Phi) is 7.60. The van der Waals surface area contributed by atoms with Crippen molar-refractivity contribution in [1.29, 1.82) is 0 Å². The molecule has 0 spiro atoms. The number of nitrogens with one attached hydrogen (secondary N) is 2. The maximum atomic E-state index is 14.9. The molecule has 1 aromatic heterocycles. The average Bonchev–Trinajstić information content (AvgIpc) is 2.86. The second-order valence-corrected chi connectivity index (χ2v) is 8.35. The molecule has 0 fully saturated rings. The lowest BCUT2D eigenvalue weighted by Gasteiger charge is -2.14. The Morgan fingerprint density at radius 1 is 0.944 bits per heavy atom. The van der Waals surface area contributed by atoms with Gasteiger partial charge in [0.25, 0.3) is 0 Å². The minimum Gasteiger partial charge on any atom is -0.493 e. The molecule has 9 heteroatoms. The number of aromatic nitrogens is 1. The molecule has 7 nitrogen and oxygen atoms in total. The quantitative estimate of drug-likeness (QED) is 0.319. The van der Waals surface area contributed by atoms with Crippen LogP contribution in [0.4, 0.5) is 10.1 Å². The number of anilines is 1. The van der Waals surface area contributed by atoms with Crippen LogP contribution in [0.2, 0.25) is 0 Å². The molecule has 4 aromatic rings. The smallest absolute Gasteiger partial charge is 0.230 e. The van der Waals surface area contributed by atoms with E-state index in [1.54, 1.807) is 30.5 Å². The molecule has 184 valence electrons. The van der Waals surface area contributed by atoms with Gasteiger partial charge in [0.05, 0.1) is 26.2 Å². The number of benzene rings is 3. The highest BCUT2D eigenvalue weighted by Gasteiger charge is 2.14. The summed E-state index contributed by atoms with van der Waals surface area (Å²) in [6.07, 6.45) is 1.74. The molecule has 0 aliphatic heterocycles. The molecule has 3 aromatic carbocycles. The van der Waals surface area contributed by atoms with Gasteiger partial charge in [0.1, 0.15) is 5.75 Å². The van der Waals surface area contributed by atoms with Crippen molar-refractivity contribution in [2.45, 2.75) is 13.3 Å². The van der Waals surface area contributed by atoms with Gasteiger partial charge in [0, 0.05) is 29.4 Å². The van der Waals surface area contributed by atoms with E-state index in [4.69, 9.17) is 26.4 Å². The lowest BCUT2D eigenvalue weighted by atomic mass is 10.1. The second kappa shape index (κ2) is 11.0. The summed E-state index contributed by atoms with van der Waals surface area (Å²) < 4.78 is 31.4. The zero-order valence-corrected chi connectivity index (χ0v) is 20.7. The topological polar surface area (TPSA) is 81.7 Å². The van der Waals surface area contributed by atoms with Gasteiger partial charge in [-0.2, -0.15) is 0 Å². The van der Waals surface area contributed by atoms with E-state index >= 15 is 0 Å². The number of carbonyl (C=O) groups excluding carboxylic acids is 1. The number of hydrogen-bond donors (Lipinski definition) is 2. The first kappa shape index (κ1) is 24.9. The van der Waals surface area contributed by atoms with Crippen LogP contribution in [0.15, 0.2) is 66.9 Å². The number of nitrogens with zero attached hydrogens (tertiary/aromatic N) is 1. The van der Waals surface area contributed by atoms with Crippen molar-refractivity contribution in [3.8, 4) is 23.0 Å². The van der Waals surface area contributed by atoms with Gasteiger partial charge < -0.3 is 24.8 Å². The predicted molar refractivity (Wildman–Crippen MR) is 141 cm³/mol. The van der Waals surface area contributed by atoms with Crippen LogP contribution < -0.4 is 24.8 Å². The first-order valence-electron chi connectivity index (χ1n) is 11.0. The van der Waals surface area contributed by atoms with Crippen LogP contribution in [-0.2, 0) is 11.2 Å². The molecule has 0 atom stereocenters. The minimum atomic E-state index is -0.612. The maximum Gasteiger partial charge on any atom is 0.230 e. The summed E-state index contributed by atoms with van der Waals surface area (Å²) in [6, 6.07) is 17.0. The first-order valence-corrected chi connectivity index (χ1v) is 11.4. The SMILES string of the molecule is COc1cc2nccc(Oc3ccc(NC(=S)NC(=O)Cc4ccc(C)cc4)cc3F)c2cc1OC. The Morgan fingerprint density at radius 2 is 1.67 bits per heavy atom. The molecular formula is C27H24FN3O4S. The third-order valence-electron chi connectivity index (χ3n) is 5.35. The number of ether oxygens (including phenoxy) is 3. The molecule has 2 N–H and O–H groups in total. The normalized spacial score (nSPS) is 10.6. The van der Waals surface area contributed by atoms with Crippen molar-refractivity contribution < 1.29 is 23.4 Å². The number of methoxy groups -OCH3 is 2. The number of amides is 1. The van der Waals surface area contributed by atoms with Gasteiger partial charge in [0.15, 0.2) is 28.2 Å². The molecule has 4 rings (SSSR count). The first-order chi connectivity index (χ1) is 17.4. The summed E-state index contributed by atoms with van der Waals surface area (Å²) in [5, 5.41) is 6.13. The monoisotopic (exact) mass is 505 g/mol. The fourth-order valence-corrected chi connectivity index (χ4v) is 3.77. The summed E-state index contributed by atoms with van der Waals surface area (Å²) in [4.78, 5) is 16.6. The Labute approximate surface area is 213 Å². The number of pyridine rings is 1. The third-order valence-corrected chi connectivity index (χ3v) is 5.56. The van der Waals surface area contributed by atoms with Crippen molar-refractivity contribution in [2.75, 3.05) is 19.5 Å². The van der Waals surface area contributed by atoms with Crippen molar-refractivity contribution >= 4 is 39.8 Å². The standard InChI is InChI=1S/C27H24FN3O4S/c1-16-4-6-17(7-5-16)12-26(32)31-27(36)30-18-8-9-23(20(28)13-18)35-22-10-11-29-21-15-25(34-3)24(33-2)14-19(21)22/h4-11,13-15H,12H2,1-3H3,(H2,30,31,32,36). The largest absolute Gasteiger partial charge is 0.493 e. The summed E-state index contributed by atoms with van der Waals surface area (Å²) in [6.45, 7) is 1.98. The van der Waals surface area contributed by atoms with E-state index in [0.717, 1.165) is 11.1 Å². The molecule has 0 aliphatic rings. The van der Waals surface area contributed by atoms with Gasteiger partial charge in [-0.25, -0.2) is 4.39 Å². The number of halogens is 1. The zero-order chi connectivity index (χ0) is 25.7. The second-order valence-electron chi connectivity index (χ2n) is 7.95. The number of aryl methyl sites for hydroxylation is 1. The number of rotatable bonds is 7. The fourth-order valence-electron chi connectivity index (χ4n) is 3.54. The summed E-state index contributed by atoms with van der Waals surface area (Å²) in [5.41, 5.74) is 2.96. The molecule has 0 radical (unpaired) electrons. The molecule has 0 aliphatic carbocycles. The molecule has 0 bridgehead atoms. The zero-order valence-electron chi connectivity index (χ0n) is 19.9. The number of carbonyl (C=O) groups is 1. The highest BCUT2D eigenvalue weighted by molar-refractivity contribution is 7.80. The van der Waals surface area contributed by atoms with Gasteiger partial charge >= 0.3 is 0 Å². The molecular weight excluding hydrogens is 481 g/mol. The molecule has 1 heterocycles. The Bertz CT molecular complexity index is 1430. The molecule has 0 unspecified atom stereocenters. The van der Waals surface area contributed by atoms with Gasteiger partial charge in [-0.1, -0.05) is 29.8 Å².